The van der Waals surface area contributed by atoms with Gasteiger partial charge < -0.3 is 10.3 Å². The molecule has 0 fully saturated rings. The van der Waals surface area contributed by atoms with Crippen molar-refractivity contribution in [1.29, 1.82) is 0 Å². The molecule has 0 unspecified atom stereocenters. The summed E-state index contributed by atoms with van der Waals surface area (Å²) in [7, 11) is 0. The number of hydrogen-bond donors (Lipinski definition) is 2. The number of nitrogens with zero attached hydrogens (tertiary/aromatic N) is 1. The normalized spacial score (nSPS) is 10.2. The average molecular weight is 270 g/mol. The number of imidazole rings is 1. The van der Waals surface area contributed by atoms with E-state index in [1.165, 1.54) is 0 Å². The largest absolute Gasteiger partial charge is 0.345 e. The standard InChI is InChI=1S/C11H9Cl2N3O/c12-8-9(13)16-10(15-8)11(17)14-6-7-4-2-1-3-5-7/h1-5H,6H2,(H,14,17)(H,15,16). The predicted molar refractivity (Wildman–Crippen MR) is 66.2 cm³/mol. The van der Waals surface area contributed by atoms with Crippen molar-refractivity contribution in [1.82, 2.24) is 15.3 Å². The van der Waals surface area contributed by atoms with Crippen molar-refractivity contribution >= 4 is 29.1 Å². The predicted octanol–water partition coefficient (Wildman–Crippen LogP) is 2.65. The van der Waals surface area contributed by atoms with Gasteiger partial charge in [0, 0.05) is 6.54 Å². The number of hydrogen-bond acceptors (Lipinski definition) is 2. The minimum absolute atomic E-state index is 0.0940. The van der Waals surface area contributed by atoms with Crippen LogP contribution in [0.2, 0.25) is 10.3 Å². The van der Waals surface area contributed by atoms with E-state index < -0.39 is 0 Å². The molecule has 0 radical (unpaired) electrons. The highest BCUT2D eigenvalue weighted by Crippen LogP contribution is 2.17. The Hall–Kier alpha value is -1.52. The summed E-state index contributed by atoms with van der Waals surface area (Å²) in [5, 5.41) is 2.96. The molecule has 6 heteroatoms. The quantitative estimate of drug-likeness (QED) is 0.900. The van der Waals surface area contributed by atoms with Crippen molar-refractivity contribution < 1.29 is 4.79 Å². The highest BCUT2D eigenvalue weighted by atomic mass is 35.5. The SMILES string of the molecule is O=C(NCc1ccccc1)c1nc(Cl)c(Cl)[nH]1. The van der Waals surface area contributed by atoms with Gasteiger partial charge in [-0.1, -0.05) is 53.5 Å². The highest BCUT2D eigenvalue weighted by molar-refractivity contribution is 6.40. The Kier molecular flexibility index (Phi) is 3.66. The number of nitrogens with one attached hydrogen (secondary N) is 2. The lowest BCUT2D eigenvalue weighted by Gasteiger charge is -2.02. The fraction of sp³-hybridized carbons (Fsp3) is 0.0909. The van der Waals surface area contributed by atoms with E-state index in [1.807, 2.05) is 30.3 Å². The number of carbonyl (C=O) groups is 1. The summed E-state index contributed by atoms with van der Waals surface area (Å²) >= 11 is 11.3. The lowest BCUT2D eigenvalue weighted by atomic mass is 10.2. The number of carbonyl (C=O) groups excluding carboxylic acids is 1. The van der Waals surface area contributed by atoms with E-state index in [2.05, 4.69) is 15.3 Å². The first kappa shape index (κ1) is 12.0. The van der Waals surface area contributed by atoms with Crippen LogP contribution in [0.25, 0.3) is 0 Å². The van der Waals surface area contributed by atoms with Crippen molar-refractivity contribution in [2.75, 3.05) is 0 Å². The van der Waals surface area contributed by atoms with Crippen LogP contribution in [0.4, 0.5) is 0 Å². The van der Waals surface area contributed by atoms with Crippen LogP contribution in [0, 0.1) is 0 Å². The second-order valence-electron chi connectivity index (χ2n) is 3.36. The van der Waals surface area contributed by atoms with Crippen LogP contribution in [0.1, 0.15) is 16.2 Å². The lowest BCUT2D eigenvalue weighted by Crippen LogP contribution is -2.23. The Labute approximate surface area is 108 Å². The number of amides is 1. The van der Waals surface area contributed by atoms with E-state index in [1.54, 1.807) is 0 Å². The minimum atomic E-state index is -0.345. The molecule has 1 aromatic carbocycles. The lowest BCUT2D eigenvalue weighted by molar-refractivity contribution is 0.0941. The maximum absolute atomic E-state index is 11.7. The second kappa shape index (κ2) is 5.21. The molecule has 0 atom stereocenters. The molecule has 0 aliphatic carbocycles. The molecule has 4 nitrogen and oxygen atoms in total. The summed E-state index contributed by atoms with van der Waals surface area (Å²) in [6, 6.07) is 9.56. The van der Waals surface area contributed by atoms with E-state index in [4.69, 9.17) is 23.2 Å². The van der Waals surface area contributed by atoms with Crippen LogP contribution in [0.5, 0.6) is 0 Å². The molecule has 1 amide bonds. The highest BCUT2D eigenvalue weighted by Gasteiger charge is 2.12. The molecule has 2 rings (SSSR count). The van der Waals surface area contributed by atoms with Crippen LogP contribution in [-0.2, 0) is 6.54 Å². The van der Waals surface area contributed by atoms with Crippen LogP contribution < -0.4 is 5.32 Å². The number of aromatic amines is 1. The molecule has 0 spiro atoms. The van der Waals surface area contributed by atoms with Crippen molar-refractivity contribution in [2.45, 2.75) is 6.54 Å². The van der Waals surface area contributed by atoms with Crippen LogP contribution in [0.15, 0.2) is 30.3 Å². The van der Waals surface area contributed by atoms with Crippen molar-refractivity contribution in [3.05, 3.63) is 52.0 Å². The first-order valence-electron chi connectivity index (χ1n) is 4.90. The summed E-state index contributed by atoms with van der Waals surface area (Å²) < 4.78 is 0. The van der Waals surface area contributed by atoms with Gasteiger partial charge in [-0.15, -0.1) is 0 Å². The fourth-order valence-corrected chi connectivity index (χ4v) is 1.56. The molecule has 1 heterocycles. The molecule has 2 aromatic rings. The fourth-order valence-electron chi connectivity index (χ4n) is 1.30. The Morgan fingerprint density at radius 3 is 2.59 bits per heavy atom. The van der Waals surface area contributed by atoms with Gasteiger partial charge in [0.15, 0.2) is 11.0 Å². The average Bonchev–Trinajstić information content (AvgIpc) is 2.68. The van der Waals surface area contributed by atoms with Crippen LogP contribution >= 0.6 is 23.2 Å². The summed E-state index contributed by atoms with van der Waals surface area (Å²) in [6.07, 6.45) is 0. The molecule has 17 heavy (non-hydrogen) atoms. The molecule has 0 saturated heterocycles. The van der Waals surface area contributed by atoms with Crippen LogP contribution in [0.3, 0.4) is 0 Å². The third kappa shape index (κ3) is 2.99. The number of H-pyrrole nitrogens is 1. The molecule has 0 bridgehead atoms. The summed E-state index contributed by atoms with van der Waals surface area (Å²) in [6.45, 7) is 0.426. The van der Waals surface area contributed by atoms with Gasteiger partial charge in [-0.05, 0) is 5.56 Å². The molecule has 88 valence electrons. The Morgan fingerprint density at radius 1 is 1.29 bits per heavy atom. The number of rotatable bonds is 3. The van der Waals surface area contributed by atoms with Crippen molar-refractivity contribution in [2.24, 2.45) is 0 Å². The molecular weight excluding hydrogens is 261 g/mol. The molecule has 0 aliphatic rings. The molecule has 2 N–H and O–H groups in total. The van der Waals surface area contributed by atoms with Gasteiger partial charge in [-0.25, -0.2) is 4.98 Å². The topological polar surface area (TPSA) is 57.8 Å². The molecule has 1 aromatic heterocycles. The van der Waals surface area contributed by atoms with Gasteiger partial charge in [0.25, 0.3) is 5.91 Å². The third-order valence-electron chi connectivity index (χ3n) is 2.13. The smallest absolute Gasteiger partial charge is 0.287 e. The van der Waals surface area contributed by atoms with Gasteiger partial charge in [-0.2, -0.15) is 0 Å². The summed E-state index contributed by atoms with van der Waals surface area (Å²) in [5.41, 5.74) is 1.00. The maximum atomic E-state index is 11.7. The second-order valence-corrected chi connectivity index (χ2v) is 4.09. The molecule has 0 saturated carbocycles. The van der Waals surface area contributed by atoms with Crippen molar-refractivity contribution in [3.8, 4) is 0 Å². The Morgan fingerprint density at radius 2 is 2.00 bits per heavy atom. The van der Waals surface area contributed by atoms with E-state index in [0.29, 0.717) is 6.54 Å². The van der Waals surface area contributed by atoms with Crippen LogP contribution in [-0.4, -0.2) is 15.9 Å². The first-order valence-corrected chi connectivity index (χ1v) is 5.65. The monoisotopic (exact) mass is 269 g/mol. The summed E-state index contributed by atoms with van der Waals surface area (Å²) in [4.78, 5) is 18.0. The molecule has 0 aliphatic heterocycles. The van der Waals surface area contributed by atoms with Gasteiger partial charge in [0.1, 0.15) is 5.15 Å². The van der Waals surface area contributed by atoms with Gasteiger partial charge in [0.2, 0.25) is 0 Å². The van der Waals surface area contributed by atoms with Gasteiger partial charge in [0.05, 0.1) is 0 Å². The van der Waals surface area contributed by atoms with E-state index in [-0.39, 0.29) is 22.0 Å². The van der Waals surface area contributed by atoms with Crippen molar-refractivity contribution in [3.63, 3.8) is 0 Å². The zero-order valence-electron chi connectivity index (χ0n) is 8.71. The van der Waals surface area contributed by atoms with E-state index in [9.17, 15) is 4.79 Å². The van der Waals surface area contributed by atoms with Gasteiger partial charge in [-0.3, -0.25) is 4.79 Å². The summed E-state index contributed by atoms with van der Waals surface area (Å²) in [5.74, 6) is -0.237. The maximum Gasteiger partial charge on any atom is 0.287 e. The number of aromatic nitrogens is 2. The Bertz CT molecular complexity index is 505. The van der Waals surface area contributed by atoms with E-state index >= 15 is 0 Å². The third-order valence-corrected chi connectivity index (χ3v) is 2.77. The van der Waals surface area contributed by atoms with E-state index in [0.717, 1.165) is 5.56 Å². The first-order chi connectivity index (χ1) is 8.16. The number of halogens is 2. The number of benzene rings is 1. The van der Waals surface area contributed by atoms with Gasteiger partial charge >= 0.3 is 0 Å². The minimum Gasteiger partial charge on any atom is -0.345 e. The Balaban J connectivity index is 1.98. The zero-order chi connectivity index (χ0) is 12.3. The molecular formula is C11H9Cl2N3O. The zero-order valence-corrected chi connectivity index (χ0v) is 10.2.